The van der Waals surface area contributed by atoms with Gasteiger partial charge >= 0.3 is 5.97 Å². The quantitative estimate of drug-likeness (QED) is 0.248. The Morgan fingerprint density at radius 2 is 1.89 bits per heavy atom. The van der Waals surface area contributed by atoms with Gasteiger partial charge < -0.3 is 15.5 Å². The van der Waals surface area contributed by atoms with Crippen LogP contribution >= 0.6 is 46.9 Å². The second kappa shape index (κ2) is 11.4. The van der Waals surface area contributed by atoms with Crippen LogP contribution in [0.3, 0.4) is 0 Å². The van der Waals surface area contributed by atoms with Crippen LogP contribution in [0.4, 0.5) is 5.69 Å². The van der Waals surface area contributed by atoms with Gasteiger partial charge in [-0.3, -0.25) is 14.5 Å². The Morgan fingerprint density at radius 3 is 2.58 bits per heavy atom. The average molecular weight is 559 g/mol. The number of benzene rings is 2. The van der Waals surface area contributed by atoms with Crippen LogP contribution in [0.1, 0.15) is 27.2 Å². The van der Waals surface area contributed by atoms with E-state index in [0.717, 1.165) is 21.6 Å². The number of aliphatic hydroxyl groups excluding tert-OH is 1. The number of carboxylic acid groups (broad SMARTS) is 1. The first-order valence-electron chi connectivity index (χ1n) is 10.6. The second-order valence-electron chi connectivity index (χ2n) is 7.71. The highest BCUT2D eigenvalue weighted by atomic mass is 35.5. The number of carbonyl (C=O) groups is 3. The summed E-state index contributed by atoms with van der Waals surface area (Å²) in [5, 5.41) is 23.8. The molecule has 2 aromatic carbocycles. The molecule has 2 heterocycles. The molecule has 1 fully saturated rings. The number of thiophene rings is 1. The third-order valence-corrected chi connectivity index (χ3v) is 7.79. The minimum absolute atomic E-state index is 0.0300. The molecular formula is C25H19ClN2O5S3. The van der Waals surface area contributed by atoms with Gasteiger partial charge in [0.2, 0.25) is 5.91 Å². The highest BCUT2D eigenvalue weighted by molar-refractivity contribution is 8.26. The zero-order valence-corrected chi connectivity index (χ0v) is 21.8. The molecule has 4 rings (SSSR count). The summed E-state index contributed by atoms with van der Waals surface area (Å²) in [5.41, 5.74) is 3.06. The number of halogens is 1. The van der Waals surface area contributed by atoms with Crippen molar-refractivity contribution in [2.24, 2.45) is 0 Å². The van der Waals surface area contributed by atoms with Crippen molar-refractivity contribution in [3.05, 3.63) is 79.8 Å². The smallest absolute Gasteiger partial charge is 0.335 e. The summed E-state index contributed by atoms with van der Waals surface area (Å²) in [6.45, 7) is 0.0106. The first-order valence-corrected chi connectivity index (χ1v) is 13.1. The lowest BCUT2D eigenvalue weighted by molar-refractivity contribution is -0.122. The van der Waals surface area contributed by atoms with Crippen molar-refractivity contribution in [2.45, 2.75) is 13.0 Å². The van der Waals surface area contributed by atoms with Crippen LogP contribution in [0.2, 0.25) is 5.02 Å². The summed E-state index contributed by atoms with van der Waals surface area (Å²) >= 11 is 14.1. The number of thiocarbonyl (C=S) groups is 1. The molecule has 3 N–H and O–H groups in total. The summed E-state index contributed by atoms with van der Waals surface area (Å²) in [6, 6.07) is 13.0. The molecule has 0 aliphatic carbocycles. The van der Waals surface area contributed by atoms with Gasteiger partial charge in [-0.15, -0.1) is 11.3 Å². The van der Waals surface area contributed by atoms with Gasteiger partial charge in [-0.25, -0.2) is 4.79 Å². The highest BCUT2D eigenvalue weighted by Gasteiger charge is 2.32. The van der Waals surface area contributed by atoms with Gasteiger partial charge in [0.05, 0.1) is 17.1 Å². The minimum Gasteiger partial charge on any atom is -0.478 e. The van der Waals surface area contributed by atoms with Crippen molar-refractivity contribution in [1.82, 2.24) is 4.90 Å². The standard InChI is InChI=1S/C25H19ClN2O5S3/c26-17-4-1-15(12-29)20(10-17)16-9-19(35-13-16)11-21-23(31)28(25(34)36-21)8-7-22(30)27-18-5-2-14(3-6-18)24(32)33/h1-6,9-11,13,29H,7-8,12H2,(H,27,30)(H,32,33). The van der Waals surface area contributed by atoms with Crippen LogP contribution in [0.5, 0.6) is 0 Å². The molecule has 0 unspecified atom stereocenters. The maximum atomic E-state index is 12.9. The third-order valence-electron chi connectivity index (χ3n) is 5.30. The third kappa shape index (κ3) is 6.03. The molecule has 0 spiro atoms. The van der Waals surface area contributed by atoms with Crippen molar-refractivity contribution in [3.63, 3.8) is 0 Å². The SMILES string of the molecule is O=C(CCN1C(=O)C(=Cc2cc(-c3cc(Cl)ccc3CO)cs2)SC1=S)Nc1ccc(C(=O)O)cc1. The summed E-state index contributed by atoms with van der Waals surface area (Å²) in [5.74, 6) is -1.63. The number of thioether (sulfide) groups is 1. The Hall–Kier alpha value is -3.02. The van der Waals surface area contributed by atoms with Crippen LogP contribution in [0, 0.1) is 0 Å². The summed E-state index contributed by atoms with van der Waals surface area (Å²) in [7, 11) is 0. The Bertz CT molecular complexity index is 1380. The van der Waals surface area contributed by atoms with E-state index in [1.165, 1.54) is 52.3 Å². The molecule has 1 aliphatic rings. The molecule has 2 amide bonds. The van der Waals surface area contributed by atoms with Gasteiger partial charge in [0, 0.05) is 28.6 Å². The maximum absolute atomic E-state index is 12.9. The van der Waals surface area contributed by atoms with Gasteiger partial charge in [-0.1, -0.05) is 41.6 Å². The predicted octanol–water partition coefficient (Wildman–Crippen LogP) is 5.49. The number of carbonyl (C=O) groups excluding carboxylic acids is 2. The number of anilines is 1. The number of aliphatic hydroxyl groups is 1. The van der Waals surface area contributed by atoms with E-state index >= 15 is 0 Å². The topological polar surface area (TPSA) is 107 Å². The second-order valence-corrected chi connectivity index (χ2v) is 10.8. The fourth-order valence-corrected chi connectivity index (χ4v) is 5.87. The summed E-state index contributed by atoms with van der Waals surface area (Å²) in [4.78, 5) is 38.9. The predicted molar refractivity (Wildman–Crippen MR) is 147 cm³/mol. The zero-order chi connectivity index (χ0) is 25.8. The van der Waals surface area contributed by atoms with Crippen LogP contribution in [-0.2, 0) is 16.2 Å². The maximum Gasteiger partial charge on any atom is 0.335 e. The monoisotopic (exact) mass is 558 g/mol. The molecule has 0 saturated carbocycles. The molecular weight excluding hydrogens is 540 g/mol. The number of aromatic carboxylic acids is 1. The molecule has 1 aromatic heterocycles. The first-order chi connectivity index (χ1) is 17.2. The average Bonchev–Trinajstić information content (AvgIpc) is 3.42. The fourth-order valence-electron chi connectivity index (χ4n) is 3.48. The number of amides is 2. The van der Waals surface area contributed by atoms with Gasteiger partial charge in [-0.2, -0.15) is 0 Å². The van der Waals surface area contributed by atoms with Crippen LogP contribution in [0.25, 0.3) is 17.2 Å². The number of hydrogen-bond acceptors (Lipinski definition) is 7. The lowest BCUT2D eigenvalue weighted by atomic mass is 10.0. The molecule has 1 saturated heterocycles. The number of carboxylic acids is 1. The first kappa shape index (κ1) is 26.1. The lowest BCUT2D eigenvalue weighted by Gasteiger charge is -2.14. The number of hydrogen-bond donors (Lipinski definition) is 3. The van der Waals surface area contributed by atoms with E-state index in [-0.39, 0.29) is 37.0 Å². The van der Waals surface area contributed by atoms with Crippen LogP contribution in [0.15, 0.2) is 58.8 Å². The Kier molecular flexibility index (Phi) is 8.22. The Balaban J connectivity index is 1.39. The molecule has 0 radical (unpaired) electrons. The molecule has 3 aromatic rings. The van der Waals surface area contributed by atoms with E-state index in [2.05, 4.69) is 5.32 Å². The van der Waals surface area contributed by atoms with Crippen LogP contribution < -0.4 is 5.32 Å². The van der Waals surface area contributed by atoms with E-state index in [0.29, 0.717) is 19.9 Å². The number of nitrogens with zero attached hydrogens (tertiary/aromatic N) is 1. The van der Waals surface area contributed by atoms with E-state index in [1.54, 1.807) is 24.3 Å². The Labute approximate surface area is 225 Å². The highest BCUT2D eigenvalue weighted by Crippen LogP contribution is 2.36. The van der Waals surface area contributed by atoms with Crippen molar-refractivity contribution >= 4 is 80.8 Å². The van der Waals surface area contributed by atoms with E-state index in [1.807, 2.05) is 11.4 Å². The molecule has 36 heavy (non-hydrogen) atoms. The molecule has 0 atom stereocenters. The largest absolute Gasteiger partial charge is 0.478 e. The van der Waals surface area contributed by atoms with Gasteiger partial charge in [0.25, 0.3) is 5.91 Å². The van der Waals surface area contributed by atoms with E-state index < -0.39 is 5.97 Å². The normalized spacial score (nSPS) is 14.5. The number of nitrogens with one attached hydrogen (secondary N) is 1. The summed E-state index contributed by atoms with van der Waals surface area (Å²) < 4.78 is 0.374. The van der Waals surface area contributed by atoms with Crippen molar-refractivity contribution in [1.29, 1.82) is 0 Å². The minimum atomic E-state index is -1.05. The van der Waals surface area contributed by atoms with E-state index in [9.17, 15) is 19.5 Å². The zero-order valence-electron chi connectivity index (χ0n) is 18.6. The molecule has 7 nitrogen and oxygen atoms in total. The van der Waals surface area contributed by atoms with Crippen LogP contribution in [-0.4, -0.2) is 43.8 Å². The lowest BCUT2D eigenvalue weighted by Crippen LogP contribution is -2.31. The fraction of sp³-hybridized carbons (Fsp3) is 0.120. The van der Waals surface area contributed by atoms with E-state index in [4.69, 9.17) is 28.9 Å². The van der Waals surface area contributed by atoms with Gasteiger partial charge in [0.1, 0.15) is 4.32 Å². The molecule has 0 bridgehead atoms. The van der Waals surface area contributed by atoms with Crippen molar-refractivity contribution < 1.29 is 24.6 Å². The molecule has 184 valence electrons. The number of rotatable bonds is 8. The van der Waals surface area contributed by atoms with Crippen molar-refractivity contribution in [2.75, 3.05) is 11.9 Å². The Morgan fingerprint density at radius 1 is 1.14 bits per heavy atom. The van der Waals surface area contributed by atoms with Crippen molar-refractivity contribution in [3.8, 4) is 11.1 Å². The van der Waals surface area contributed by atoms with Gasteiger partial charge in [0.15, 0.2) is 0 Å². The summed E-state index contributed by atoms with van der Waals surface area (Å²) in [6.07, 6.45) is 1.79. The molecule has 1 aliphatic heterocycles. The molecule has 11 heteroatoms. The van der Waals surface area contributed by atoms with Gasteiger partial charge in [-0.05, 0) is 70.6 Å².